The van der Waals surface area contributed by atoms with Crippen molar-refractivity contribution in [1.29, 1.82) is 0 Å². The third-order valence-electron chi connectivity index (χ3n) is 2.33. The second-order valence-corrected chi connectivity index (χ2v) is 3.79. The van der Waals surface area contributed by atoms with Gasteiger partial charge in [0.2, 0.25) is 0 Å². The number of nitrogens with two attached hydrogens (primary N) is 1. The Hall–Kier alpha value is -1.26. The van der Waals surface area contributed by atoms with Crippen LogP contribution in [-0.2, 0) is 0 Å². The molecule has 3 nitrogen and oxygen atoms in total. The zero-order valence-corrected chi connectivity index (χ0v) is 9.00. The van der Waals surface area contributed by atoms with Gasteiger partial charge in [0.15, 0.2) is 5.78 Å². The van der Waals surface area contributed by atoms with Gasteiger partial charge in [0.25, 0.3) is 0 Å². The van der Waals surface area contributed by atoms with Gasteiger partial charge >= 0.3 is 0 Å². The fourth-order valence-electron chi connectivity index (χ4n) is 1.49. The fraction of sp³-hybridized carbons (Fsp3) is 0.182. The van der Waals surface area contributed by atoms with Crippen molar-refractivity contribution in [1.82, 2.24) is 4.98 Å². The molecular weight excluding hydrogens is 208 g/mol. The standard InChI is InChI=1S/C11H12N2OS/c12-8(6-15)11(14)10-5-7-3-1-2-4-9(7)13-10/h1-5,8,13,15H,6,12H2/t8-/m0/s1. The second-order valence-electron chi connectivity index (χ2n) is 3.42. The summed E-state index contributed by atoms with van der Waals surface area (Å²) in [6.45, 7) is 0. The molecule has 0 bridgehead atoms. The number of H-pyrrole nitrogens is 1. The number of thiol groups is 1. The monoisotopic (exact) mass is 220 g/mol. The van der Waals surface area contributed by atoms with Crippen LogP contribution in [0.15, 0.2) is 30.3 Å². The van der Waals surface area contributed by atoms with Gasteiger partial charge in [-0.2, -0.15) is 12.6 Å². The molecule has 0 radical (unpaired) electrons. The highest BCUT2D eigenvalue weighted by Gasteiger charge is 2.15. The number of hydrogen-bond acceptors (Lipinski definition) is 3. The highest BCUT2D eigenvalue weighted by molar-refractivity contribution is 7.80. The molecule has 0 unspecified atom stereocenters. The van der Waals surface area contributed by atoms with E-state index in [-0.39, 0.29) is 5.78 Å². The molecule has 0 aliphatic rings. The summed E-state index contributed by atoms with van der Waals surface area (Å²) in [4.78, 5) is 14.8. The number of para-hydroxylation sites is 1. The molecule has 2 rings (SSSR count). The average molecular weight is 220 g/mol. The van der Waals surface area contributed by atoms with Gasteiger partial charge in [0.1, 0.15) is 0 Å². The van der Waals surface area contributed by atoms with E-state index in [2.05, 4.69) is 17.6 Å². The number of benzene rings is 1. The molecule has 0 fully saturated rings. The molecule has 0 amide bonds. The number of carbonyl (C=O) groups is 1. The molecule has 3 N–H and O–H groups in total. The van der Waals surface area contributed by atoms with E-state index in [9.17, 15) is 4.79 Å². The highest BCUT2D eigenvalue weighted by atomic mass is 32.1. The summed E-state index contributed by atoms with van der Waals surface area (Å²) in [6, 6.07) is 9.02. The molecule has 15 heavy (non-hydrogen) atoms. The molecule has 1 aromatic heterocycles. The van der Waals surface area contributed by atoms with E-state index in [0.717, 1.165) is 10.9 Å². The number of aromatic nitrogens is 1. The van der Waals surface area contributed by atoms with Crippen LogP contribution in [0.2, 0.25) is 0 Å². The molecule has 0 aliphatic heterocycles. The van der Waals surface area contributed by atoms with Crippen LogP contribution in [0, 0.1) is 0 Å². The van der Waals surface area contributed by atoms with Gasteiger partial charge in [-0.3, -0.25) is 4.79 Å². The summed E-state index contributed by atoms with van der Waals surface area (Å²) in [5.41, 5.74) is 7.13. The first-order valence-corrected chi connectivity index (χ1v) is 5.34. The number of hydrogen-bond donors (Lipinski definition) is 3. The van der Waals surface area contributed by atoms with E-state index >= 15 is 0 Å². The van der Waals surface area contributed by atoms with Gasteiger partial charge in [-0.1, -0.05) is 18.2 Å². The van der Waals surface area contributed by atoms with Crippen molar-refractivity contribution in [2.75, 3.05) is 5.75 Å². The third-order valence-corrected chi connectivity index (χ3v) is 2.72. The highest BCUT2D eigenvalue weighted by Crippen LogP contribution is 2.15. The Bertz CT molecular complexity index is 459. The van der Waals surface area contributed by atoms with Crippen LogP contribution in [0.4, 0.5) is 0 Å². The Balaban J connectivity index is 2.41. The van der Waals surface area contributed by atoms with Crippen LogP contribution in [-0.4, -0.2) is 22.6 Å². The minimum atomic E-state index is -0.540. The number of fused-ring (bicyclic) bond motifs is 1. The molecule has 0 spiro atoms. The van der Waals surface area contributed by atoms with E-state index in [4.69, 9.17) is 5.73 Å². The molecule has 0 aliphatic carbocycles. The maximum absolute atomic E-state index is 11.7. The maximum atomic E-state index is 11.7. The first-order valence-electron chi connectivity index (χ1n) is 4.71. The lowest BCUT2D eigenvalue weighted by atomic mass is 10.1. The molecule has 0 saturated carbocycles. The molecule has 78 valence electrons. The number of nitrogens with one attached hydrogen (secondary N) is 1. The summed E-state index contributed by atoms with van der Waals surface area (Å²) in [5, 5.41) is 1.02. The smallest absolute Gasteiger partial charge is 0.196 e. The molecular formula is C11H12N2OS. The Labute approximate surface area is 93.1 Å². The van der Waals surface area contributed by atoms with Gasteiger partial charge in [0, 0.05) is 16.7 Å². The van der Waals surface area contributed by atoms with Crippen LogP contribution in [0.5, 0.6) is 0 Å². The largest absolute Gasteiger partial charge is 0.352 e. The van der Waals surface area contributed by atoms with E-state index in [1.54, 1.807) is 0 Å². The van der Waals surface area contributed by atoms with Crippen LogP contribution in [0.1, 0.15) is 10.5 Å². The number of ketones is 1. The molecule has 1 aromatic carbocycles. The van der Waals surface area contributed by atoms with Crippen molar-refractivity contribution in [2.45, 2.75) is 6.04 Å². The van der Waals surface area contributed by atoms with Crippen molar-refractivity contribution in [2.24, 2.45) is 5.73 Å². The minimum Gasteiger partial charge on any atom is -0.352 e. The fourth-order valence-corrected chi connectivity index (χ4v) is 1.65. The van der Waals surface area contributed by atoms with Crippen molar-refractivity contribution in [3.05, 3.63) is 36.0 Å². The molecule has 1 atom stereocenters. The van der Waals surface area contributed by atoms with E-state index < -0.39 is 6.04 Å². The summed E-state index contributed by atoms with van der Waals surface area (Å²) in [6.07, 6.45) is 0. The van der Waals surface area contributed by atoms with E-state index in [0.29, 0.717) is 11.4 Å². The number of Topliss-reactive ketones (excluding diaryl/α,β-unsaturated/α-hetero) is 1. The lowest BCUT2D eigenvalue weighted by molar-refractivity contribution is 0.0966. The summed E-state index contributed by atoms with van der Waals surface area (Å²) in [7, 11) is 0. The normalized spacial score (nSPS) is 12.9. The number of carbonyl (C=O) groups excluding carboxylic acids is 1. The van der Waals surface area contributed by atoms with E-state index in [1.807, 2.05) is 30.3 Å². The number of aromatic amines is 1. The zero-order valence-electron chi connectivity index (χ0n) is 8.10. The Morgan fingerprint density at radius 2 is 2.20 bits per heavy atom. The zero-order chi connectivity index (χ0) is 10.8. The van der Waals surface area contributed by atoms with Crippen LogP contribution >= 0.6 is 12.6 Å². The first kappa shape index (κ1) is 10.3. The predicted molar refractivity (Wildman–Crippen MR) is 64.5 cm³/mol. The lowest BCUT2D eigenvalue weighted by Crippen LogP contribution is -2.32. The van der Waals surface area contributed by atoms with Crippen LogP contribution < -0.4 is 5.73 Å². The Kier molecular flexibility index (Phi) is 2.79. The summed E-state index contributed by atoms with van der Waals surface area (Å²) >= 11 is 4.01. The lowest BCUT2D eigenvalue weighted by Gasteiger charge is -2.03. The molecule has 4 heteroatoms. The van der Waals surface area contributed by atoms with Crippen LogP contribution in [0.25, 0.3) is 10.9 Å². The average Bonchev–Trinajstić information content (AvgIpc) is 2.70. The van der Waals surface area contributed by atoms with Crippen molar-refractivity contribution in [3.8, 4) is 0 Å². The quantitative estimate of drug-likeness (QED) is 0.543. The van der Waals surface area contributed by atoms with Crippen molar-refractivity contribution in [3.63, 3.8) is 0 Å². The Morgan fingerprint density at radius 1 is 1.47 bits per heavy atom. The maximum Gasteiger partial charge on any atom is 0.196 e. The van der Waals surface area contributed by atoms with Gasteiger partial charge in [-0.15, -0.1) is 0 Å². The van der Waals surface area contributed by atoms with Gasteiger partial charge in [-0.05, 0) is 12.1 Å². The van der Waals surface area contributed by atoms with E-state index in [1.165, 1.54) is 0 Å². The molecule has 0 saturated heterocycles. The van der Waals surface area contributed by atoms with Crippen LogP contribution in [0.3, 0.4) is 0 Å². The molecule has 1 heterocycles. The predicted octanol–water partition coefficient (Wildman–Crippen LogP) is 1.61. The SMILES string of the molecule is N[C@@H](CS)C(=O)c1cc2ccccc2[nH]1. The topological polar surface area (TPSA) is 58.9 Å². The minimum absolute atomic E-state index is 0.0961. The molecule has 2 aromatic rings. The van der Waals surface area contributed by atoms with Gasteiger partial charge < -0.3 is 10.7 Å². The van der Waals surface area contributed by atoms with Gasteiger partial charge in [0.05, 0.1) is 11.7 Å². The van der Waals surface area contributed by atoms with Gasteiger partial charge in [-0.25, -0.2) is 0 Å². The summed E-state index contributed by atoms with van der Waals surface area (Å²) in [5.74, 6) is 0.259. The summed E-state index contributed by atoms with van der Waals surface area (Å²) < 4.78 is 0. The number of rotatable bonds is 3. The van der Waals surface area contributed by atoms with Crippen molar-refractivity contribution >= 4 is 29.3 Å². The Morgan fingerprint density at radius 3 is 2.87 bits per heavy atom. The third kappa shape index (κ3) is 1.91. The first-order chi connectivity index (χ1) is 7.22. The van der Waals surface area contributed by atoms with Crippen molar-refractivity contribution < 1.29 is 4.79 Å². The second kappa shape index (κ2) is 4.08.